The van der Waals surface area contributed by atoms with E-state index in [0.717, 1.165) is 43.4 Å². The fourth-order valence-electron chi connectivity index (χ4n) is 6.28. The third kappa shape index (κ3) is 5.14. The van der Waals surface area contributed by atoms with Gasteiger partial charge in [-0.1, -0.05) is 131 Å². The molecule has 1 unspecified atom stereocenters. The van der Waals surface area contributed by atoms with Gasteiger partial charge in [-0.15, -0.1) is 0 Å². The highest BCUT2D eigenvalue weighted by Gasteiger charge is 2.48. The Morgan fingerprint density at radius 2 is 1.20 bits per heavy atom. The van der Waals surface area contributed by atoms with Crippen LogP contribution in [-0.4, -0.2) is 8.42 Å². The zero-order valence-corrected chi connectivity index (χ0v) is 27.0. The summed E-state index contributed by atoms with van der Waals surface area (Å²) in [5.41, 5.74) is 6.81. The van der Waals surface area contributed by atoms with Crippen molar-refractivity contribution in [1.29, 1.82) is 0 Å². The molecule has 0 amide bonds. The van der Waals surface area contributed by atoms with E-state index in [0.29, 0.717) is 17.2 Å². The van der Waals surface area contributed by atoms with Crippen LogP contribution in [0.1, 0.15) is 34.2 Å². The lowest BCUT2D eigenvalue weighted by Gasteiger charge is -2.32. The second-order valence-electron chi connectivity index (χ2n) is 11.2. The van der Waals surface area contributed by atoms with Crippen molar-refractivity contribution in [2.75, 3.05) is 4.31 Å². The molecule has 7 rings (SSSR count). The normalized spacial score (nSPS) is 16.0. The Morgan fingerprint density at radius 3 is 1.82 bits per heavy atom. The van der Waals surface area contributed by atoms with Crippen LogP contribution < -0.4 is 4.31 Å². The lowest BCUT2D eigenvalue weighted by molar-refractivity contribution is 0.575. The standard InChI is InChI=1S/C39H30BrNO3S/c1-26-18-24-33(25-19-26)45(42,43)41(32-16-10-5-11-17-32)37-27(2)34(28-12-6-3-7-13-28)35-36(37)39(29-14-8-4-9-15-29)44-38(35)30-20-22-31(40)23-21-30/h3-25,34,37H,2H2,1H3/t34-,37?/m1/s1. The molecule has 1 aliphatic carbocycles. The predicted octanol–water partition coefficient (Wildman–Crippen LogP) is 10.3. The topological polar surface area (TPSA) is 50.5 Å². The average Bonchev–Trinajstić information content (AvgIpc) is 3.58. The molecular formula is C39H30BrNO3S. The lowest BCUT2D eigenvalue weighted by atomic mass is 9.88. The number of aryl methyl sites for hydroxylation is 1. The fraction of sp³-hybridized carbons (Fsp3) is 0.0769. The minimum Gasteiger partial charge on any atom is -0.455 e. The van der Waals surface area contributed by atoms with Crippen molar-refractivity contribution in [3.63, 3.8) is 0 Å². The van der Waals surface area contributed by atoms with E-state index in [1.54, 1.807) is 12.1 Å². The van der Waals surface area contributed by atoms with E-state index in [1.165, 1.54) is 4.31 Å². The number of hydrogen-bond donors (Lipinski definition) is 0. The summed E-state index contributed by atoms with van der Waals surface area (Å²) in [6.45, 7) is 6.62. The quantitative estimate of drug-likeness (QED) is 0.159. The van der Waals surface area contributed by atoms with Crippen LogP contribution in [0, 0.1) is 6.92 Å². The van der Waals surface area contributed by atoms with Crippen molar-refractivity contribution in [1.82, 2.24) is 0 Å². The molecule has 6 heteroatoms. The lowest BCUT2D eigenvalue weighted by Crippen LogP contribution is -2.35. The van der Waals surface area contributed by atoms with Gasteiger partial charge < -0.3 is 4.42 Å². The number of rotatable bonds is 7. The third-order valence-electron chi connectivity index (χ3n) is 8.37. The molecule has 0 spiro atoms. The number of anilines is 1. The average molecular weight is 673 g/mol. The van der Waals surface area contributed by atoms with E-state index >= 15 is 0 Å². The molecule has 1 heterocycles. The third-order valence-corrected chi connectivity index (χ3v) is 10.7. The number of fused-ring (bicyclic) bond motifs is 1. The van der Waals surface area contributed by atoms with Gasteiger partial charge >= 0.3 is 0 Å². The molecule has 1 aromatic heterocycles. The van der Waals surface area contributed by atoms with Crippen molar-refractivity contribution in [2.45, 2.75) is 23.8 Å². The molecule has 222 valence electrons. The molecule has 45 heavy (non-hydrogen) atoms. The van der Waals surface area contributed by atoms with Crippen LogP contribution in [-0.2, 0) is 10.0 Å². The van der Waals surface area contributed by atoms with Crippen molar-refractivity contribution in [3.8, 4) is 22.6 Å². The molecule has 0 radical (unpaired) electrons. The molecule has 6 aromatic rings. The van der Waals surface area contributed by atoms with Gasteiger partial charge in [0.15, 0.2) is 0 Å². The molecule has 0 N–H and O–H groups in total. The molecule has 0 fully saturated rings. The molecular weight excluding hydrogens is 642 g/mol. The highest BCUT2D eigenvalue weighted by Crippen LogP contribution is 2.59. The van der Waals surface area contributed by atoms with Crippen molar-refractivity contribution in [2.24, 2.45) is 0 Å². The van der Waals surface area contributed by atoms with Gasteiger partial charge in [0.1, 0.15) is 11.5 Å². The zero-order chi connectivity index (χ0) is 31.1. The van der Waals surface area contributed by atoms with Gasteiger partial charge in [-0.2, -0.15) is 0 Å². The van der Waals surface area contributed by atoms with Crippen LogP contribution >= 0.6 is 15.9 Å². The number of para-hydroxylation sites is 1. The second kappa shape index (κ2) is 11.7. The van der Waals surface area contributed by atoms with Gasteiger partial charge in [-0.25, -0.2) is 8.42 Å². The van der Waals surface area contributed by atoms with Crippen LogP contribution in [0.4, 0.5) is 5.69 Å². The Hall–Kier alpha value is -4.65. The van der Waals surface area contributed by atoms with Crippen LogP contribution in [0.2, 0.25) is 0 Å². The summed E-state index contributed by atoms with van der Waals surface area (Å²) in [4.78, 5) is 0.215. The number of sulfonamides is 1. The smallest absolute Gasteiger partial charge is 0.265 e. The number of benzene rings is 5. The van der Waals surface area contributed by atoms with E-state index in [9.17, 15) is 8.42 Å². The monoisotopic (exact) mass is 671 g/mol. The summed E-state index contributed by atoms with van der Waals surface area (Å²) in [6, 6.07) is 43.6. The first kappa shape index (κ1) is 29.1. The highest BCUT2D eigenvalue weighted by atomic mass is 79.9. The number of hydrogen-bond acceptors (Lipinski definition) is 3. The molecule has 5 aromatic carbocycles. The second-order valence-corrected chi connectivity index (χ2v) is 14.0. The van der Waals surface area contributed by atoms with Crippen LogP contribution in [0.5, 0.6) is 0 Å². The Labute approximate surface area is 272 Å². The van der Waals surface area contributed by atoms with Gasteiger partial charge in [0.25, 0.3) is 10.0 Å². The Balaban J connectivity index is 1.57. The van der Waals surface area contributed by atoms with Crippen LogP contribution in [0.3, 0.4) is 0 Å². The van der Waals surface area contributed by atoms with Crippen molar-refractivity contribution < 1.29 is 12.8 Å². The molecule has 4 nitrogen and oxygen atoms in total. The highest BCUT2D eigenvalue weighted by molar-refractivity contribution is 9.10. The van der Waals surface area contributed by atoms with Crippen molar-refractivity contribution in [3.05, 3.63) is 178 Å². The van der Waals surface area contributed by atoms with Gasteiger partial charge in [-0.3, -0.25) is 4.31 Å². The molecule has 0 bridgehead atoms. The maximum absolute atomic E-state index is 14.8. The zero-order valence-electron chi connectivity index (χ0n) is 24.6. The number of halogens is 1. The van der Waals surface area contributed by atoms with Gasteiger partial charge in [0.05, 0.1) is 16.6 Å². The van der Waals surface area contributed by atoms with Gasteiger partial charge in [-0.05, 0) is 54.5 Å². The van der Waals surface area contributed by atoms with E-state index in [1.807, 2.05) is 122 Å². The summed E-state index contributed by atoms with van der Waals surface area (Å²) in [5.74, 6) is 1.02. The maximum atomic E-state index is 14.8. The predicted molar refractivity (Wildman–Crippen MR) is 185 cm³/mol. The van der Waals surface area contributed by atoms with Gasteiger partial charge in [0, 0.05) is 32.6 Å². The maximum Gasteiger partial charge on any atom is 0.265 e. The van der Waals surface area contributed by atoms with E-state index in [-0.39, 0.29) is 10.8 Å². The first-order valence-corrected chi connectivity index (χ1v) is 17.0. The molecule has 0 saturated carbocycles. The van der Waals surface area contributed by atoms with Crippen LogP contribution in [0.25, 0.3) is 22.6 Å². The van der Waals surface area contributed by atoms with Gasteiger partial charge in [0.2, 0.25) is 0 Å². The first-order valence-electron chi connectivity index (χ1n) is 14.7. The van der Waals surface area contributed by atoms with E-state index in [2.05, 4.69) is 34.6 Å². The molecule has 2 atom stereocenters. The minimum atomic E-state index is -4.07. The Kier molecular flexibility index (Phi) is 7.56. The summed E-state index contributed by atoms with van der Waals surface area (Å²) < 4.78 is 39.0. The Bertz CT molecular complexity index is 2090. The van der Waals surface area contributed by atoms with Crippen LogP contribution in [0.15, 0.2) is 165 Å². The molecule has 0 aliphatic heterocycles. The van der Waals surface area contributed by atoms with E-state index in [4.69, 9.17) is 4.42 Å². The van der Waals surface area contributed by atoms with E-state index < -0.39 is 16.1 Å². The van der Waals surface area contributed by atoms with Crippen molar-refractivity contribution >= 4 is 31.6 Å². The number of furan rings is 1. The SMILES string of the molecule is C=C1C(N(c2ccccc2)S(=O)(=O)c2ccc(C)cc2)c2c(-c3ccccc3)oc(-c3ccc(Br)cc3)c2[C@H]1c1ccccc1. The largest absolute Gasteiger partial charge is 0.455 e. The molecule has 1 aliphatic rings. The molecule has 0 saturated heterocycles. The fourth-order valence-corrected chi connectivity index (χ4v) is 8.17. The summed E-state index contributed by atoms with van der Waals surface area (Å²) in [5, 5.41) is 0. The summed E-state index contributed by atoms with van der Waals surface area (Å²) >= 11 is 3.57. The Morgan fingerprint density at radius 1 is 0.667 bits per heavy atom. The minimum absolute atomic E-state index is 0.215. The summed E-state index contributed by atoms with van der Waals surface area (Å²) in [7, 11) is -4.07. The summed E-state index contributed by atoms with van der Waals surface area (Å²) in [6.07, 6.45) is 0. The number of nitrogens with zero attached hydrogens (tertiary/aromatic N) is 1. The first-order chi connectivity index (χ1) is 21.8.